The van der Waals surface area contributed by atoms with Crippen molar-refractivity contribution in [1.82, 2.24) is 19.4 Å². The van der Waals surface area contributed by atoms with Gasteiger partial charge >= 0.3 is 5.69 Å². The van der Waals surface area contributed by atoms with Gasteiger partial charge in [-0.15, -0.1) is 0 Å². The molecular weight excluding hydrogens is 409 g/mol. The normalized spacial score (nSPS) is 11.1. The van der Waals surface area contributed by atoms with Gasteiger partial charge in [-0.2, -0.15) is 0 Å². The highest BCUT2D eigenvalue weighted by atomic mass is 19.2. The molecule has 0 unspecified atom stereocenters. The standard InChI is InChI=1S/C22H17F3N4O2/c23-16-6-3-14(4-7-16)13-29-19-2-1-9-26-20(19)28(22(29)31)11-10-27-21(30)15-5-8-17(24)18(25)12-15/h1-9,12H,10-11,13H2,(H,27,30). The molecule has 0 bridgehead atoms. The third-order valence-corrected chi connectivity index (χ3v) is 4.83. The van der Waals surface area contributed by atoms with E-state index in [0.717, 1.165) is 17.7 Å². The maximum Gasteiger partial charge on any atom is 0.330 e. The number of carbonyl (C=O) groups excluding carboxylic acids is 1. The molecule has 0 aliphatic carbocycles. The average molecular weight is 426 g/mol. The fourth-order valence-electron chi connectivity index (χ4n) is 3.29. The van der Waals surface area contributed by atoms with E-state index in [2.05, 4.69) is 10.3 Å². The number of rotatable bonds is 6. The number of aromatic nitrogens is 3. The van der Waals surface area contributed by atoms with Crippen molar-refractivity contribution in [3.05, 3.63) is 99.9 Å². The molecule has 158 valence electrons. The SMILES string of the molecule is O=C(NCCn1c(=O)n(Cc2ccc(F)cc2)c2cccnc21)c1ccc(F)c(F)c1. The van der Waals surface area contributed by atoms with Crippen molar-refractivity contribution < 1.29 is 18.0 Å². The highest BCUT2D eigenvalue weighted by Gasteiger charge is 2.15. The molecule has 6 nitrogen and oxygen atoms in total. The molecule has 4 rings (SSSR count). The predicted molar refractivity (Wildman–Crippen MR) is 108 cm³/mol. The van der Waals surface area contributed by atoms with Crippen LogP contribution in [0.5, 0.6) is 0 Å². The number of pyridine rings is 1. The van der Waals surface area contributed by atoms with Gasteiger partial charge in [0.2, 0.25) is 0 Å². The number of fused-ring (bicyclic) bond motifs is 1. The lowest BCUT2D eigenvalue weighted by molar-refractivity contribution is 0.0951. The summed E-state index contributed by atoms with van der Waals surface area (Å²) < 4.78 is 42.5. The number of imidazole rings is 1. The Balaban J connectivity index is 1.54. The summed E-state index contributed by atoms with van der Waals surface area (Å²) in [6.45, 7) is 0.428. The second-order valence-electron chi connectivity index (χ2n) is 6.88. The Kier molecular flexibility index (Phi) is 5.57. The third kappa shape index (κ3) is 4.20. The highest BCUT2D eigenvalue weighted by Crippen LogP contribution is 2.13. The van der Waals surface area contributed by atoms with Crippen LogP contribution in [0.15, 0.2) is 65.6 Å². The monoisotopic (exact) mass is 426 g/mol. The molecule has 0 radical (unpaired) electrons. The Morgan fingerprint density at radius 3 is 2.48 bits per heavy atom. The van der Waals surface area contributed by atoms with E-state index in [4.69, 9.17) is 0 Å². The topological polar surface area (TPSA) is 68.9 Å². The minimum Gasteiger partial charge on any atom is -0.350 e. The predicted octanol–water partition coefficient (Wildman–Crippen LogP) is 3.09. The molecular formula is C22H17F3N4O2. The van der Waals surface area contributed by atoms with Crippen LogP contribution in [0.1, 0.15) is 15.9 Å². The van der Waals surface area contributed by atoms with Gasteiger partial charge in [-0.25, -0.2) is 22.9 Å². The summed E-state index contributed by atoms with van der Waals surface area (Å²) >= 11 is 0. The first-order chi connectivity index (χ1) is 14.9. The quantitative estimate of drug-likeness (QED) is 0.515. The van der Waals surface area contributed by atoms with Crippen molar-refractivity contribution in [3.8, 4) is 0 Å². The van der Waals surface area contributed by atoms with E-state index in [-0.39, 0.29) is 36.7 Å². The first-order valence-corrected chi connectivity index (χ1v) is 9.46. The Hall–Kier alpha value is -3.88. The summed E-state index contributed by atoms with van der Waals surface area (Å²) in [5, 5.41) is 2.58. The van der Waals surface area contributed by atoms with Crippen molar-refractivity contribution in [3.63, 3.8) is 0 Å². The molecule has 0 atom stereocenters. The smallest absolute Gasteiger partial charge is 0.330 e. The number of nitrogens with zero attached hydrogens (tertiary/aromatic N) is 3. The van der Waals surface area contributed by atoms with Gasteiger partial charge in [0.05, 0.1) is 12.1 Å². The van der Waals surface area contributed by atoms with Crippen LogP contribution in [0, 0.1) is 17.5 Å². The number of halogens is 3. The van der Waals surface area contributed by atoms with Crippen LogP contribution in [0.4, 0.5) is 13.2 Å². The van der Waals surface area contributed by atoms with Crippen LogP contribution in [0.2, 0.25) is 0 Å². The molecule has 0 saturated heterocycles. The van der Waals surface area contributed by atoms with Crippen LogP contribution in [-0.2, 0) is 13.1 Å². The van der Waals surface area contributed by atoms with Crippen molar-refractivity contribution in [1.29, 1.82) is 0 Å². The average Bonchev–Trinajstić information content (AvgIpc) is 3.03. The van der Waals surface area contributed by atoms with Crippen molar-refractivity contribution in [2.24, 2.45) is 0 Å². The van der Waals surface area contributed by atoms with E-state index in [1.54, 1.807) is 30.5 Å². The molecule has 2 heterocycles. The van der Waals surface area contributed by atoms with Gasteiger partial charge in [-0.1, -0.05) is 12.1 Å². The maximum absolute atomic E-state index is 13.3. The van der Waals surface area contributed by atoms with Gasteiger partial charge in [0.1, 0.15) is 5.82 Å². The molecule has 0 aliphatic rings. The van der Waals surface area contributed by atoms with Gasteiger partial charge in [0.25, 0.3) is 5.91 Å². The van der Waals surface area contributed by atoms with Crippen LogP contribution in [-0.4, -0.2) is 26.6 Å². The molecule has 1 amide bonds. The zero-order chi connectivity index (χ0) is 22.0. The van der Waals surface area contributed by atoms with Crippen LogP contribution in [0.3, 0.4) is 0 Å². The summed E-state index contributed by atoms with van der Waals surface area (Å²) in [4.78, 5) is 29.5. The van der Waals surface area contributed by atoms with Gasteiger partial charge in [-0.3, -0.25) is 13.9 Å². The number of benzene rings is 2. The fourth-order valence-corrected chi connectivity index (χ4v) is 3.29. The summed E-state index contributed by atoms with van der Waals surface area (Å²) in [7, 11) is 0. The fraction of sp³-hybridized carbons (Fsp3) is 0.136. The molecule has 0 spiro atoms. The van der Waals surface area contributed by atoms with E-state index < -0.39 is 17.5 Å². The van der Waals surface area contributed by atoms with E-state index in [0.29, 0.717) is 11.2 Å². The Bertz CT molecular complexity index is 1310. The molecule has 9 heteroatoms. The number of hydrogen-bond donors (Lipinski definition) is 1. The lowest BCUT2D eigenvalue weighted by atomic mass is 10.2. The summed E-state index contributed by atoms with van der Waals surface area (Å²) in [5.41, 5.74) is 1.43. The van der Waals surface area contributed by atoms with E-state index in [9.17, 15) is 22.8 Å². The van der Waals surface area contributed by atoms with Gasteiger partial charge in [0, 0.05) is 24.8 Å². The molecule has 2 aromatic carbocycles. The lowest BCUT2D eigenvalue weighted by Crippen LogP contribution is -2.32. The largest absolute Gasteiger partial charge is 0.350 e. The summed E-state index contributed by atoms with van der Waals surface area (Å²) in [6.07, 6.45) is 1.56. The number of nitrogens with one attached hydrogen (secondary N) is 1. The second kappa shape index (κ2) is 8.47. The molecule has 4 aromatic rings. The van der Waals surface area contributed by atoms with Gasteiger partial charge < -0.3 is 5.32 Å². The van der Waals surface area contributed by atoms with Crippen molar-refractivity contribution in [2.75, 3.05) is 6.54 Å². The van der Waals surface area contributed by atoms with Crippen molar-refractivity contribution >= 4 is 17.1 Å². The lowest BCUT2D eigenvalue weighted by Gasteiger charge is -2.06. The second-order valence-corrected chi connectivity index (χ2v) is 6.88. The zero-order valence-electron chi connectivity index (χ0n) is 16.2. The number of amides is 1. The minimum absolute atomic E-state index is 0.0249. The van der Waals surface area contributed by atoms with E-state index >= 15 is 0 Å². The molecule has 1 N–H and O–H groups in total. The third-order valence-electron chi connectivity index (χ3n) is 4.83. The molecule has 0 saturated carbocycles. The Morgan fingerprint density at radius 2 is 1.74 bits per heavy atom. The van der Waals surface area contributed by atoms with Crippen LogP contribution >= 0.6 is 0 Å². The summed E-state index contributed by atoms with van der Waals surface area (Å²) in [6, 6.07) is 12.2. The van der Waals surface area contributed by atoms with E-state index in [1.807, 2.05) is 0 Å². The first kappa shape index (κ1) is 20.4. The molecule has 2 aromatic heterocycles. The van der Waals surface area contributed by atoms with Gasteiger partial charge in [0.15, 0.2) is 17.3 Å². The van der Waals surface area contributed by atoms with Crippen LogP contribution < -0.4 is 11.0 Å². The Morgan fingerprint density at radius 1 is 0.968 bits per heavy atom. The zero-order valence-corrected chi connectivity index (χ0v) is 16.2. The summed E-state index contributed by atoms with van der Waals surface area (Å²) in [5.74, 6) is -3.10. The molecule has 31 heavy (non-hydrogen) atoms. The van der Waals surface area contributed by atoms with E-state index in [1.165, 1.54) is 27.3 Å². The van der Waals surface area contributed by atoms with Crippen molar-refractivity contribution in [2.45, 2.75) is 13.1 Å². The highest BCUT2D eigenvalue weighted by molar-refractivity contribution is 5.94. The minimum atomic E-state index is -1.11. The number of carbonyl (C=O) groups is 1. The first-order valence-electron chi connectivity index (χ1n) is 9.46. The Labute approximate surface area is 174 Å². The molecule has 0 aliphatic heterocycles. The van der Waals surface area contributed by atoms with Crippen LogP contribution in [0.25, 0.3) is 11.2 Å². The van der Waals surface area contributed by atoms with Gasteiger partial charge in [-0.05, 0) is 48.0 Å². The maximum atomic E-state index is 13.3. The number of hydrogen-bond acceptors (Lipinski definition) is 3. The molecule has 0 fully saturated rings.